The maximum Gasteiger partial charge on any atom is 0.218 e. The monoisotopic (exact) mass is 304 g/mol. The zero-order valence-electron chi connectivity index (χ0n) is 12.8. The predicted octanol–water partition coefficient (Wildman–Crippen LogP) is 1.16. The molecule has 0 N–H and O–H groups in total. The third-order valence-electron chi connectivity index (χ3n) is 4.08. The molecule has 2 aliphatic rings. The fourth-order valence-corrected chi connectivity index (χ4v) is 4.90. The lowest BCUT2D eigenvalue weighted by molar-refractivity contribution is 0.0912. The molecule has 2 saturated heterocycles. The molecule has 20 heavy (non-hydrogen) atoms. The van der Waals surface area contributed by atoms with Crippen LogP contribution in [0.3, 0.4) is 0 Å². The van der Waals surface area contributed by atoms with Crippen LogP contribution in [0.4, 0.5) is 0 Å². The molecule has 0 aliphatic carbocycles. The standard InChI is InChI=1S/C14H28N2O3S/c1-13(2)12-19-10-9-15-8-5-14(11-15)20(17,18)16-6-3-4-7-16/h13-14H,3-12H2,1-2H3/t14-/m1/s1. The number of sulfonamides is 1. The van der Waals surface area contributed by atoms with E-state index in [0.717, 1.165) is 52.0 Å². The molecule has 0 aromatic heterocycles. The van der Waals surface area contributed by atoms with Crippen molar-refractivity contribution in [1.29, 1.82) is 0 Å². The van der Waals surface area contributed by atoms with Gasteiger partial charge in [-0.1, -0.05) is 13.8 Å². The van der Waals surface area contributed by atoms with Crippen molar-refractivity contribution in [3.05, 3.63) is 0 Å². The van der Waals surface area contributed by atoms with Gasteiger partial charge in [-0.25, -0.2) is 12.7 Å². The summed E-state index contributed by atoms with van der Waals surface area (Å²) < 4.78 is 32.2. The van der Waals surface area contributed by atoms with E-state index in [2.05, 4.69) is 18.7 Å². The van der Waals surface area contributed by atoms with Crippen molar-refractivity contribution in [3.8, 4) is 0 Å². The number of likely N-dealkylation sites (tertiary alicyclic amines) is 1. The number of ether oxygens (including phenoxy) is 1. The van der Waals surface area contributed by atoms with Crippen LogP contribution in [0.25, 0.3) is 0 Å². The summed E-state index contributed by atoms with van der Waals surface area (Å²) in [6, 6.07) is 0. The summed E-state index contributed by atoms with van der Waals surface area (Å²) in [4.78, 5) is 2.22. The smallest absolute Gasteiger partial charge is 0.218 e. The summed E-state index contributed by atoms with van der Waals surface area (Å²) in [6.45, 7) is 9.58. The average Bonchev–Trinajstić information content (AvgIpc) is 3.05. The number of nitrogens with zero attached hydrogens (tertiary/aromatic N) is 2. The molecule has 0 bridgehead atoms. The average molecular weight is 304 g/mol. The van der Waals surface area contributed by atoms with Crippen LogP contribution in [0.5, 0.6) is 0 Å². The van der Waals surface area contributed by atoms with Gasteiger partial charge >= 0.3 is 0 Å². The molecule has 1 atom stereocenters. The van der Waals surface area contributed by atoms with Crippen molar-refractivity contribution in [3.63, 3.8) is 0 Å². The zero-order chi connectivity index (χ0) is 14.6. The van der Waals surface area contributed by atoms with Crippen molar-refractivity contribution in [2.24, 2.45) is 5.92 Å². The highest BCUT2D eigenvalue weighted by Gasteiger charge is 2.37. The first kappa shape index (κ1) is 16.2. The largest absolute Gasteiger partial charge is 0.380 e. The van der Waals surface area contributed by atoms with Gasteiger partial charge in [-0.3, -0.25) is 4.90 Å². The van der Waals surface area contributed by atoms with Crippen molar-refractivity contribution in [1.82, 2.24) is 9.21 Å². The second kappa shape index (κ2) is 7.20. The van der Waals surface area contributed by atoms with E-state index in [1.807, 2.05) is 0 Å². The molecule has 0 aromatic carbocycles. The van der Waals surface area contributed by atoms with E-state index < -0.39 is 10.0 Å². The van der Waals surface area contributed by atoms with E-state index in [4.69, 9.17) is 4.74 Å². The van der Waals surface area contributed by atoms with Crippen molar-refractivity contribution >= 4 is 10.0 Å². The molecule has 0 aromatic rings. The lowest BCUT2D eigenvalue weighted by Gasteiger charge is -2.21. The molecular weight excluding hydrogens is 276 g/mol. The number of rotatable bonds is 7. The second-order valence-electron chi connectivity index (χ2n) is 6.33. The topological polar surface area (TPSA) is 49.9 Å². The van der Waals surface area contributed by atoms with E-state index in [9.17, 15) is 8.42 Å². The van der Waals surface area contributed by atoms with Crippen LogP contribution in [-0.4, -0.2) is 68.8 Å². The van der Waals surface area contributed by atoms with Crippen LogP contribution in [0.2, 0.25) is 0 Å². The summed E-state index contributed by atoms with van der Waals surface area (Å²) in [6.07, 6.45) is 2.79. The molecular formula is C14H28N2O3S. The van der Waals surface area contributed by atoms with E-state index in [0.29, 0.717) is 19.1 Å². The van der Waals surface area contributed by atoms with Crippen molar-refractivity contribution in [2.75, 3.05) is 45.9 Å². The molecule has 0 saturated carbocycles. The third kappa shape index (κ3) is 4.16. The van der Waals surface area contributed by atoms with Crippen LogP contribution in [0.1, 0.15) is 33.1 Å². The molecule has 5 nitrogen and oxygen atoms in total. The van der Waals surface area contributed by atoms with Gasteiger partial charge in [0.2, 0.25) is 10.0 Å². The Morgan fingerprint density at radius 1 is 1.20 bits per heavy atom. The fraction of sp³-hybridized carbons (Fsp3) is 1.00. The van der Waals surface area contributed by atoms with Gasteiger partial charge in [0.05, 0.1) is 11.9 Å². The van der Waals surface area contributed by atoms with Gasteiger partial charge in [0.1, 0.15) is 0 Å². The van der Waals surface area contributed by atoms with Gasteiger partial charge in [0, 0.05) is 32.8 Å². The van der Waals surface area contributed by atoms with Crippen LogP contribution >= 0.6 is 0 Å². The van der Waals surface area contributed by atoms with Gasteiger partial charge in [0.15, 0.2) is 0 Å². The summed E-state index contributed by atoms with van der Waals surface area (Å²) in [7, 11) is -3.06. The highest BCUT2D eigenvalue weighted by atomic mass is 32.2. The van der Waals surface area contributed by atoms with Crippen LogP contribution in [0, 0.1) is 5.92 Å². The van der Waals surface area contributed by atoms with E-state index in [1.165, 1.54) is 0 Å². The quantitative estimate of drug-likeness (QED) is 0.662. The Bertz CT molecular complexity index is 391. The Morgan fingerprint density at radius 3 is 2.55 bits per heavy atom. The Balaban J connectivity index is 1.74. The SMILES string of the molecule is CC(C)COCCN1CC[C@@H](S(=O)(=O)N2CCCC2)C1. The minimum Gasteiger partial charge on any atom is -0.380 e. The van der Waals surface area contributed by atoms with Crippen molar-refractivity contribution in [2.45, 2.75) is 38.4 Å². The molecule has 0 radical (unpaired) electrons. The van der Waals surface area contributed by atoms with E-state index in [-0.39, 0.29) is 5.25 Å². The Labute approximate surface area is 123 Å². The molecule has 2 fully saturated rings. The number of hydrogen-bond acceptors (Lipinski definition) is 4. The predicted molar refractivity (Wildman–Crippen MR) is 80.2 cm³/mol. The van der Waals surface area contributed by atoms with E-state index >= 15 is 0 Å². The van der Waals surface area contributed by atoms with Crippen LogP contribution in [0.15, 0.2) is 0 Å². The minimum atomic E-state index is -3.06. The molecule has 0 unspecified atom stereocenters. The first-order valence-corrected chi connectivity index (χ1v) is 9.29. The van der Waals surface area contributed by atoms with Crippen LogP contribution in [-0.2, 0) is 14.8 Å². The molecule has 2 rings (SSSR count). The Morgan fingerprint density at radius 2 is 1.90 bits per heavy atom. The Kier molecular flexibility index (Phi) is 5.84. The van der Waals surface area contributed by atoms with Gasteiger partial charge in [-0.2, -0.15) is 0 Å². The van der Waals surface area contributed by atoms with Gasteiger partial charge in [0.25, 0.3) is 0 Å². The normalized spacial score (nSPS) is 25.9. The molecule has 118 valence electrons. The molecule has 2 heterocycles. The second-order valence-corrected chi connectivity index (χ2v) is 8.54. The lowest BCUT2D eigenvalue weighted by atomic mass is 10.2. The molecule has 0 spiro atoms. The number of hydrogen-bond donors (Lipinski definition) is 0. The van der Waals surface area contributed by atoms with Gasteiger partial charge in [-0.05, 0) is 31.7 Å². The van der Waals surface area contributed by atoms with Gasteiger partial charge in [-0.15, -0.1) is 0 Å². The lowest BCUT2D eigenvalue weighted by Crippen LogP contribution is -2.38. The highest BCUT2D eigenvalue weighted by Crippen LogP contribution is 2.23. The maximum absolute atomic E-state index is 12.5. The Hall–Kier alpha value is -0.170. The minimum absolute atomic E-state index is 0.203. The maximum atomic E-state index is 12.5. The summed E-state index contributed by atoms with van der Waals surface area (Å²) in [5.74, 6) is 0.553. The van der Waals surface area contributed by atoms with Gasteiger partial charge < -0.3 is 4.74 Å². The zero-order valence-corrected chi connectivity index (χ0v) is 13.6. The third-order valence-corrected chi connectivity index (χ3v) is 6.39. The fourth-order valence-electron chi connectivity index (χ4n) is 2.91. The first-order chi connectivity index (χ1) is 9.50. The van der Waals surface area contributed by atoms with Crippen LogP contribution < -0.4 is 0 Å². The van der Waals surface area contributed by atoms with Crippen molar-refractivity contribution < 1.29 is 13.2 Å². The molecule has 2 aliphatic heterocycles. The molecule has 0 amide bonds. The summed E-state index contributed by atoms with van der Waals surface area (Å²) in [5.41, 5.74) is 0. The first-order valence-electron chi connectivity index (χ1n) is 7.79. The van der Waals surface area contributed by atoms with E-state index in [1.54, 1.807) is 4.31 Å². The summed E-state index contributed by atoms with van der Waals surface area (Å²) >= 11 is 0. The summed E-state index contributed by atoms with van der Waals surface area (Å²) in [5, 5.41) is -0.203. The highest BCUT2D eigenvalue weighted by molar-refractivity contribution is 7.89. The molecule has 6 heteroatoms.